The van der Waals surface area contributed by atoms with Crippen LogP contribution in [-0.4, -0.2) is 64.8 Å². The van der Waals surface area contributed by atoms with E-state index in [0.717, 1.165) is 0 Å². The van der Waals surface area contributed by atoms with Crippen LogP contribution in [0.5, 0.6) is 0 Å². The minimum Gasteiger partial charge on any atom is -0.394 e. The minimum atomic E-state index is -1.18. The van der Waals surface area contributed by atoms with E-state index in [1.165, 1.54) is 0 Å². The summed E-state index contributed by atoms with van der Waals surface area (Å²) in [7, 11) is 0. The molecular weight excluding hydrogens is 180 g/mol. The van der Waals surface area contributed by atoms with Gasteiger partial charge >= 0.3 is 0 Å². The predicted molar refractivity (Wildman–Crippen MR) is 40.8 cm³/mol. The Kier molecular flexibility index (Phi) is 4.04. The maximum atomic E-state index is 9.29. The number of hydrogen-bond donors (Lipinski definition) is 4. The molecular formula is C7H14O6. The molecule has 78 valence electrons. The molecule has 0 aromatic rings. The number of hydrogen-bond acceptors (Lipinski definition) is 6. The molecule has 6 heteroatoms. The largest absolute Gasteiger partial charge is 0.394 e. The molecule has 1 rings (SSSR count). The summed E-state index contributed by atoms with van der Waals surface area (Å²) in [5.41, 5.74) is 0. The summed E-state index contributed by atoms with van der Waals surface area (Å²) in [6.07, 6.45) is -4.12. The third kappa shape index (κ3) is 2.37. The van der Waals surface area contributed by atoms with Crippen LogP contribution in [0.2, 0.25) is 0 Å². The number of aliphatic hydroxyl groups excluding tert-OH is 4. The van der Waals surface area contributed by atoms with Crippen molar-refractivity contribution in [1.82, 2.24) is 0 Å². The molecule has 4 N–H and O–H groups in total. The lowest BCUT2D eigenvalue weighted by Gasteiger charge is -2.14. The summed E-state index contributed by atoms with van der Waals surface area (Å²) in [6.45, 7) is -0.545. The molecule has 0 aliphatic carbocycles. The fraction of sp³-hybridized carbons (Fsp3) is 1.00. The van der Waals surface area contributed by atoms with Gasteiger partial charge in [-0.2, -0.15) is 0 Å². The molecule has 0 amide bonds. The first-order valence-corrected chi connectivity index (χ1v) is 4.05. The maximum Gasteiger partial charge on any atom is 0.186 e. The SMILES string of the molecule is OCCO[C@@H]1O[C@H](CO)[C@@H](O)[C@H]1O. The van der Waals surface area contributed by atoms with Crippen LogP contribution in [0.4, 0.5) is 0 Å². The van der Waals surface area contributed by atoms with E-state index in [4.69, 9.17) is 19.7 Å². The van der Waals surface area contributed by atoms with E-state index < -0.39 is 24.6 Å². The highest BCUT2D eigenvalue weighted by atomic mass is 16.7. The molecule has 1 fully saturated rings. The number of ether oxygens (including phenoxy) is 2. The van der Waals surface area contributed by atoms with Gasteiger partial charge in [-0.3, -0.25) is 0 Å². The average Bonchev–Trinajstić information content (AvgIpc) is 2.41. The van der Waals surface area contributed by atoms with E-state index in [1.54, 1.807) is 0 Å². The second kappa shape index (κ2) is 4.85. The zero-order valence-electron chi connectivity index (χ0n) is 7.04. The Bertz CT molecular complexity index is 152. The lowest BCUT2D eigenvalue weighted by Crippen LogP contribution is -2.34. The lowest BCUT2D eigenvalue weighted by molar-refractivity contribution is -0.173. The standard InChI is InChI=1S/C7H14O6/c8-1-2-12-7-6(11)5(10)4(3-9)13-7/h4-11H,1-3H2/t4-,5-,6-,7-/m1/s1. The Balaban J connectivity index is 2.40. The van der Waals surface area contributed by atoms with E-state index >= 15 is 0 Å². The first-order chi connectivity index (χ1) is 6.20. The Morgan fingerprint density at radius 3 is 2.31 bits per heavy atom. The van der Waals surface area contributed by atoms with Gasteiger partial charge in [0.25, 0.3) is 0 Å². The third-order valence-corrected chi connectivity index (χ3v) is 1.87. The van der Waals surface area contributed by atoms with Crippen molar-refractivity contribution in [2.24, 2.45) is 0 Å². The lowest BCUT2D eigenvalue weighted by atomic mass is 10.1. The van der Waals surface area contributed by atoms with Crippen molar-refractivity contribution in [2.45, 2.75) is 24.6 Å². The van der Waals surface area contributed by atoms with E-state index in [2.05, 4.69) is 0 Å². The van der Waals surface area contributed by atoms with Gasteiger partial charge in [-0.1, -0.05) is 0 Å². The summed E-state index contributed by atoms with van der Waals surface area (Å²) >= 11 is 0. The monoisotopic (exact) mass is 194 g/mol. The molecule has 0 radical (unpaired) electrons. The van der Waals surface area contributed by atoms with Crippen molar-refractivity contribution in [3.8, 4) is 0 Å². The molecule has 0 aromatic heterocycles. The third-order valence-electron chi connectivity index (χ3n) is 1.87. The zero-order chi connectivity index (χ0) is 9.84. The van der Waals surface area contributed by atoms with E-state index in [1.807, 2.05) is 0 Å². The van der Waals surface area contributed by atoms with Gasteiger partial charge < -0.3 is 29.9 Å². The second-order valence-electron chi connectivity index (χ2n) is 2.80. The van der Waals surface area contributed by atoms with Crippen molar-refractivity contribution in [3.05, 3.63) is 0 Å². The van der Waals surface area contributed by atoms with Gasteiger partial charge in [0.15, 0.2) is 6.29 Å². The molecule has 4 atom stereocenters. The summed E-state index contributed by atoms with van der Waals surface area (Å²) < 4.78 is 9.83. The van der Waals surface area contributed by atoms with Crippen LogP contribution in [0.25, 0.3) is 0 Å². The number of rotatable bonds is 4. The zero-order valence-corrected chi connectivity index (χ0v) is 7.04. The molecule has 0 spiro atoms. The van der Waals surface area contributed by atoms with Crippen LogP contribution < -0.4 is 0 Å². The molecule has 0 unspecified atom stereocenters. The molecule has 1 aliphatic heterocycles. The van der Waals surface area contributed by atoms with Gasteiger partial charge in [0, 0.05) is 0 Å². The molecule has 1 heterocycles. The van der Waals surface area contributed by atoms with Crippen molar-refractivity contribution in [1.29, 1.82) is 0 Å². The van der Waals surface area contributed by atoms with Crippen LogP contribution in [0.15, 0.2) is 0 Å². The Morgan fingerprint density at radius 2 is 1.85 bits per heavy atom. The van der Waals surface area contributed by atoms with Gasteiger partial charge in [0.1, 0.15) is 18.3 Å². The molecule has 0 saturated carbocycles. The fourth-order valence-corrected chi connectivity index (χ4v) is 1.17. The van der Waals surface area contributed by atoms with Gasteiger partial charge in [0.05, 0.1) is 19.8 Å². The van der Waals surface area contributed by atoms with E-state index in [9.17, 15) is 10.2 Å². The molecule has 1 aliphatic rings. The molecule has 6 nitrogen and oxygen atoms in total. The van der Waals surface area contributed by atoms with Gasteiger partial charge in [-0.25, -0.2) is 0 Å². The number of aliphatic hydroxyl groups is 4. The smallest absolute Gasteiger partial charge is 0.186 e. The molecule has 0 bridgehead atoms. The van der Waals surface area contributed by atoms with E-state index in [-0.39, 0.29) is 19.8 Å². The van der Waals surface area contributed by atoms with Gasteiger partial charge in [-0.05, 0) is 0 Å². The summed E-state index contributed by atoms with van der Waals surface area (Å²) in [5.74, 6) is 0. The first kappa shape index (κ1) is 10.8. The highest BCUT2D eigenvalue weighted by Gasteiger charge is 2.42. The summed E-state index contributed by atoms with van der Waals surface area (Å²) in [6, 6.07) is 0. The second-order valence-corrected chi connectivity index (χ2v) is 2.80. The average molecular weight is 194 g/mol. The Hall–Kier alpha value is -0.240. The van der Waals surface area contributed by atoms with Crippen molar-refractivity contribution >= 4 is 0 Å². The summed E-state index contributed by atoms with van der Waals surface area (Å²) in [5, 5.41) is 35.7. The van der Waals surface area contributed by atoms with Crippen LogP contribution in [-0.2, 0) is 9.47 Å². The topological polar surface area (TPSA) is 99.4 Å². The quantitative estimate of drug-likeness (QED) is 0.393. The minimum absolute atomic E-state index is 0.0204. The highest BCUT2D eigenvalue weighted by Crippen LogP contribution is 2.21. The Labute approximate surface area is 75.3 Å². The fourth-order valence-electron chi connectivity index (χ4n) is 1.17. The van der Waals surface area contributed by atoms with Crippen molar-refractivity contribution < 1.29 is 29.9 Å². The molecule has 1 saturated heterocycles. The highest BCUT2D eigenvalue weighted by molar-refractivity contribution is 4.86. The predicted octanol–water partition coefficient (Wildman–Crippen LogP) is -2.57. The van der Waals surface area contributed by atoms with Crippen LogP contribution in [0, 0.1) is 0 Å². The summed E-state index contributed by atoms with van der Waals surface area (Å²) in [4.78, 5) is 0. The van der Waals surface area contributed by atoms with E-state index in [0.29, 0.717) is 0 Å². The maximum absolute atomic E-state index is 9.29. The van der Waals surface area contributed by atoms with Crippen molar-refractivity contribution in [2.75, 3.05) is 19.8 Å². The van der Waals surface area contributed by atoms with Crippen LogP contribution in [0.3, 0.4) is 0 Å². The molecule has 0 aromatic carbocycles. The van der Waals surface area contributed by atoms with Crippen LogP contribution >= 0.6 is 0 Å². The van der Waals surface area contributed by atoms with Crippen molar-refractivity contribution in [3.63, 3.8) is 0 Å². The normalized spacial score (nSPS) is 39.7. The van der Waals surface area contributed by atoms with Crippen LogP contribution in [0.1, 0.15) is 0 Å². The Morgan fingerprint density at radius 1 is 1.15 bits per heavy atom. The molecule has 13 heavy (non-hydrogen) atoms. The van der Waals surface area contributed by atoms with Gasteiger partial charge in [-0.15, -0.1) is 0 Å². The first-order valence-electron chi connectivity index (χ1n) is 4.05. The van der Waals surface area contributed by atoms with Gasteiger partial charge in [0.2, 0.25) is 0 Å².